The molecule has 1 aliphatic rings. The Balaban J connectivity index is 2.11. The van der Waals surface area contributed by atoms with Gasteiger partial charge in [-0.3, -0.25) is 9.59 Å². The molecule has 0 spiro atoms. The topological polar surface area (TPSA) is 57.6 Å². The molecule has 0 aromatic heterocycles. The zero-order valence-corrected chi connectivity index (χ0v) is 10.3. The number of carbonyl (C=O) groups excluding carboxylic acids is 2. The summed E-state index contributed by atoms with van der Waals surface area (Å²) >= 11 is 0. The van der Waals surface area contributed by atoms with Crippen LogP contribution in [0.3, 0.4) is 0 Å². The standard InChI is InChI=1S/C15H11NO3/c1-9-8-10(6-7-13(9)17)16-14(18)11-4-2-3-5-12(11)15(16)19/h2-8,17H,1H3. The van der Waals surface area contributed by atoms with Gasteiger partial charge >= 0.3 is 0 Å². The molecule has 19 heavy (non-hydrogen) atoms. The van der Waals surface area contributed by atoms with Gasteiger partial charge < -0.3 is 5.11 Å². The highest BCUT2D eigenvalue weighted by molar-refractivity contribution is 6.34. The summed E-state index contributed by atoms with van der Waals surface area (Å²) < 4.78 is 0. The third kappa shape index (κ3) is 1.61. The number of aryl methyl sites for hydroxylation is 1. The van der Waals surface area contributed by atoms with Crippen molar-refractivity contribution in [3.63, 3.8) is 0 Å². The number of carbonyl (C=O) groups is 2. The fourth-order valence-electron chi connectivity index (χ4n) is 2.20. The van der Waals surface area contributed by atoms with Gasteiger partial charge in [-0.1, -0.05) is 12.1 Å². The van der Waals surface area contributed by atoms with Crippen LogP contribution in [0.4, 0.5) is 5.69 Å². The second-order valence-electron chi connectivity index (χ2n) is 4.46. The Kier molecular flexibility index (Phi) is 2.38. The summed E-state index contributed by atoms with van der Waals surface area (Å²) in [6.45, 7) is 1.72. The average molecular weight is 253 g/mol. The number of nitrogens with zero attached hydrogens (tertiary/aromatic N) is 1. The number of fused-ring (bicyclic) bond motifs is 1. The molecule has 1 N–H and O–H groups in total. The fraction of sp³-hybridized carbons (Fsp3) is 0.0667. The number of aromatic hydroxyl groups is 1. The summed E-state index contributed by atoms with van der Waals surface area (Å²) in [5.74, 6) is -0.517. The van der Waals surface area contributed by atoms with Crippen molar-refractivity contribution in [3.8, 4) is 5.75 Å². The summed E-state index contributed by atoms with van der Waals surface area (Å²) in [7, 11) is 0. The molecule has 3 rings (SSSR count). The van der Waals surface area contributed by atoms with E-state index in [-0.39, 0.29) is 17.6 Å². The molecule has 1 heterocycles. The van der Waals surface area contributed by atoms with Gasteiger partial charge in [0.1, 0.15) is 5.75 Å². The minimum absolute atomic E-state index is 0.139. The maximum Gasteiger partial charge on any atom is 0.266 e. The lowest BCUT2D eigenvalue weighted by Gasteiger charge is -2.14. The molecule has 0 atom stereocenters. The second-order valence-corrected chi connectivity index (χ2v) is 4.46. The Bertz CT molecular complexity index is 671. The monoisotopic (exact) mass is 253 g/mol. The van der Waals surface area contributed by atoms with Crippen molar-refractivity contribution in [1.29, 1.82) is 0 Å². The van der Waals surface area contributed by atoms with E-state index >= 15 is 0 Å². The number of phenols is 1. The lowest BCUT2D eigenvalue weighted by Crippen LogP contribution is -2.29. The van der Waals surface area contributed by atoms with Crippen molar-refractivity contribution < 1.29 is 14.7 Å². The molecule has 94 valence electrons. The van der Waals surface area contributed by atoms with Crippen molar-refractivity contribution in [3.05, 3.63) is 59.2 Å². The van der Waals surface area contributed by atoms with E-state index < -0.39 is 0 Å². The van der Waals surface area contributed by atoms with E-state index in [4.69, 9.17) is 0 Å². The number of phenolic OH excluding ortho intramolecular Hbond substituents is 1. The highest BCUT2D eigenvalue weighted by Crippen LogP contribution is 2.30. The molecule has 0 saturated heterocycles. The third-order valence-corrected chi connectivity index (χ3v) is 3.23. The Morgan fingerprint density at radius 1 is 0.947 bits per heavy atom. The van der Waals surface area contributed by atoms with Crippen LogP contribution in [0.5, 0.6) is 5.75 Å². The molecule has 0 aliphatic carbocycles. The fourth-order valence-corrected chi connectivity index (χ4v) is 2.20. The number of rotatable bonds is 1. The Hall–Kier alpha value is -2.62. The lowest BCUT2D eigenvalue weighted by atomic mass is 10.1. The first-order valence-corrected chi connectivity index (χ1v) is 5.87. The molecular formula is C15H11NO3. The normalized spacial score (nSPS) is 13.8. The van der Waals surface area contributed by atoms with Crippen LogP contribution >= 0.6 is 0 Å². The minimum atomic E-state index is -0.328. The Labute approximate surface area is 109 Å². The second kappa shape index (κ2) is 3.95. The van der Waals surface area contributed by atoms with Gasteiger partial charge in [0.2, 0.25) is 0 Å². The lowest BCUT2D eigenvalue weighted by molar-refractivity contribution is 0.0926. The number of amides is 2. The highest BCUT2D eigenvalue weighted by Gasteiger charge is 2.36. The highest BCUT2D eigenvalue weighted by atomic mass is 16.3. The van der Waals surface area contributed by atoms with Crippen LogP contribution < -0.4 is 4.90 Å². The van der Waals surface area contributed by atoms with E-state index in [1.807, 2.05) is 0 Å². The first-order chi connectivity index (χ1) is 9.09. The van der Waals surface area contributed by atoms with Crippen LogP contribution in [-0.4, -0.2) is 16.9 Å². The Morgan fingerprint density at radius 2 is 1.53 bits per heavy atom. The van der Waals surface area contributed by atoms with Crippen molar-refractivity contribution in [1.82, 2.24) is 0 Å². The predicted molar refractivity (Wildman–Crippen MR) is 70.4 cm³/mol. The maximum atomic E-state index is 12.2. The molecular weight excluding hydrogens is 242 g/mol. The molecule has 0 radical (unpaired) electrons. The third-order valence-electron chi connectivity index (χ3n) is 3.23. The number of benzene rings is 2. The van der Waals surface area contributed by atoms with Gasteiger partial charge in [-0.05, 0) is 42.8 Å². The van der Waals surface area contributed by atoms with Gasteiger partial charge in [-0.15, -0.1) is 0 Å². The number of hydrogen-bond acceptors (Lipinski definition) is 3. The molecule has 0 saturated carbocycles. The quantitative estimate of drug-likeness (QED) is 0.794. The van der Waals surface area contributed by atoms with Crippen LogP contribution in [0.15, 0.2) is 42.5 Å². The number of imide groups is 1. The first-order valence-electron chi connectivity index (χ1n) is 5.87. The van der Waals surface area contributed by atoms with E-state index in [1.165, 1.54) is 6.07 Å². The molecule has 2 amide bonds. The van der Waals surface area contributed by atoms with Crippen LogP contribution in [0.2, 0.25) is 0 Å². The van der Waals surface area contributed by atoms with Gasteiger partial charge in [-0.2, -0.15) is 0 Å². The van der Waals surface area contributed by atoms with Crippen LogP contribution in [0.1, 0.15) is 26.3 Å². The van der Waals surface area contributed by atoms with Crippen LogP contribution in [0.25, 0.3) is 0 Å². The summed E-state index contributed by atoms with van der Waals surface area (Å²) in [6, 6.07) is 11.4. The van der Waals surface area contributed by atoms with Crippen LogP contribution in [-0.2, 0) is 0 Å². The average Bonchev–Trinajstić information content (AvgIpc) is 2.66. The Morgan fingerprint density at radius 3 is 2.05 bits per heavy atom. The minimum Gasteiger partial charge on any atom is -0.508 e. The molecule has 0 bridgehead atoms. The number of anilines is 1. The maximum absolute atomic E-state index is 12.2. The van der Waals surface area contributed by atoms with E-state index in [0.717, 1.165) is 4.90 Å². The van der Waals surface area contributed by atoms with Gasteiger partial charge in [-0.25, -0.2) is 4.90 Å². The van der Waals surface area contributed by atoms with Crippen molar-refractivity contribution in [2.75, 3.05) is 4.90 Å². The van der Waals surface area contributed by atoms with Gasteiger partial charge in [0.05, 0.1) is 16.8 Å². The van der Waals surface area contributed by atoms with Gasteiger partial charge in [0, 0.05) is 0 Å². The van der Waals surface area contributed by atoms with E-state index in [9.17, 15) is 14.7 Å². The van der Waals surface area contributed by atoms with Gasteiger partial charge in [0.25, 0.3) is 11.8 Å². The molecule has 1 aliphatic heterocycles. The molecule has 4 nitrogen and oxygen atoms in total. The van der Waals surface area contributed by atoms with E-state index in [1.54, 1.807) is 43.3 Å². The molecule has 2 aromatic carbocycles. The molecule has 0 unspecified atom stereocenters. The zero-order valence-electron chi connectivity index (χ0n) is 10.3. The largest absolute Gasteiger partial charge is 0.508 e. The summed E-state index contributed by atoms with van der Waals surface area (Å²) in [5, 5.41) is 9.50. The summed E-state index contributed by atoms with van der Waals surface area (Å²) in [6.07, 6.45) is 0. The van der Waals surface area contributed by atoms with Crippen molar-refractivity contribution >= 4 is 17.5 Å². The molecule has 0 fully saturated rings. The molecule has 4 heteroatoms. The summed E-state index contributed by atoms with van der Waals surface area (Å²) in [4.78, 5) is 25.6. The van der Waals surface area contributed by atoms with Gasteiger partial charge in [0.15, 0.2) is 0 Å². The first kappa shape index (κ1) is 11.5. The van der Waals surface area contributed by atoms with Crippen LogP contribution in [0, 0.1) is 6.92 Å². The molecule has 2 aromatic rings. The van der Waals surface area contributed by atoms with Crippen molar-refractivity contribution in [2.24, 2.45) is 0 Å². The predicted octanol–water partition coefficient (Wildman–Crippen LogP) is 2.50. The van der Waals surface area contributed by atoms with E-state index in [0.29, 0.717) is 22.4 Å². The van der Waals surface area contributed by atoms with E-state index in [2.05, 4.69) is 0 Å². The van der Waals surface area contributed by atoms with Crippen molar-refractivity contribution in [2.45, 2.75) is 6.92 Å². The smallest absolute Gasteiger partial charge is 0.266 e. The SMILES string of the molecule is Cc1cc(N2C(=O)c3ccccc3C2=O)ccc1O. The zero-order chi connectivity index (χ0) is 13.6. The summed E-state index contributed by atoms with van der Waals surface area (Å²) in [5.41, 5.74) is 1.92. The number of hydrogen-bond donors (Lipinski definition) is 1.